The summed E-state index contributed by atoms with van der Waals surface area (Å²) in [7, 11) is 0. The van der Waals surface area contributed by atoms with Crippen LogP contribution in [0.15, 0.2) is 36.4 Å². The first-order chi connectivity index (χ1) is 8.13. The van der Waals surface area contributed by atoms with E-state index in [4.69, 9.17) is 11.0 Å². The van der Waals surface area contributed by atoms with E-state index in [1.54, 1.807) is 24.3 Å². The van der Waals surface area contributed by atoms with Crippen molar-refractivity contribution in [2.24, 2.45) is 0 Å². The molecule has 0 aliphatic rings. The van der Waals surface area contributed by atoms with E-state index in [1.165, 1.54) is 6.07 Å². The summed E-state index contributed by atoms with van der Waals surface area (Å²) in [6.07, 6.45) is 0. The summed E-state index contributed by atoms with van der Waals surface area (Å²) in [5, 5.41) is 8.64. The molecule has 84 valence electrons. The Balaban J connectivity index is 2.54. The van der Waals surface area contributed by atoms with E-state index in [1.807, 2.05) is 6.07 Å². The highest BCUT2D eigenvalue weighted by molar-refractivity contribution is 5.69. The minimum atomic E-state index is -0.783. The van der Waals surface area contributed by atoms with Gasteiger partial charge < -0.3 is 5.73 Å². The van der Waals surface area contributed by atoms with Gasteiger partial charge in [-0.15, -0.1) is 0 Å². The minimum Gasteiger partial charge on any atom is -0.394 e. The van der Waals surface area contributed by atoms with Gasteiger partial charge in [-0.25, -0.2) is 8.78 Å². The first kappa shape index (κ1) is 11.1. The molecular weight excluding hydrogens is 222 g/mol. The molecule has 0 heterocycles. The van der Waals surface area contributed by atoms with Crippen LogP contribution in [0.1, 0.15) is 5.56 Å². The molecule has 0 aliphatic carbocycles. The molecule has 0 atom stereocenters. The average molecular weight is 230 g/mol. The maximum Gasteiger partial charge on any atom is 0.156 e. The second-order valence-electron chi connectivity index (χ2n) is 3.51. The van der Waals surface area contributed by atoms with Crippen molar-refractivity contribution in [1.82, 2.24) is 0 Å². The number of nitrogens with zero attached hydrogens (tertiary/aromatic N) is 1. The number of benzene rings is 2. The number of hydrogen-bond donors (Lipinski definition) is 1. The van der Waals surface area contributed by atoms with E-state index < -0.39 is 17.3 Å². The zero-order valence-electron chi connectivity index (χ0n) is 8.74. The van der Waals surface area contributed by atoms with Gasteiger partial charge in [0.15, 0.2) is 5.82 Å². The molecule has 2 N–H and O–H groups in total. The molecule has 0 spiro atoms. The molecule has 0 saturated carbocycles. The van der Waals surface area contributed by atoms with Crippen LogP contribution in [0.3, 0.4) is 0 Å². The van der Waals surface area contributed by atoms with Crippen LogP contribution < -0.4 is 5.73 Å². The molecule has 2 nitrogen and oxygen atoms in total. The summed E-state index contributed by atoms with van der Waals surface area (Å²) in [5.74, 6) is -1.56. The summed E-state index contributed by atoms with van der Waals surface area (Å²) in [4.78, 5) is 0. The van der Waals surface area contributed by atoms with Crippen molar-refractivity contribution in [3.8, 4) is 17.2 Å². The lowest BCUT2D eigenvalue weighted by Crippen LogP contribution is -1.97. The summed E-state index contributed by atoms with van der Waals surface area (Å²) < 4.78 is 26.7. The Labute approximate surface area is 96.9 Å². The number of halogens is 2. The second kappa shape index (κ2) is 4.22. The van der Waals surface area contributed by atoms with Gasteiger partial charge in [0.2, 0.25) is 0 Å². The fourth-order valence-electron chi connectivity index (χ4n) is 1.52. The molecular formula is C13H8F2N2. The SMILES string of the molecule is N#Cc1ccc(-c2ccc(F)c(N)c2F)cc1. The van der Waals surface area contributed by atoms with Gasteiger partial charge in [-0.3, -0.25) is 0 Å². The Morgan fingerprint density at radius 3 is 2.24 bits per heavy atom. The van der Waals surface area contributed by atoms with Crippen molar-refractivity contribution in [2.75, 3.05) is 5.73 Å². The van der Waals surface area contributed by atoms with Gasteiger partial charge in [0.1, 0.15) is 11.5 Å². The number of hydrogen-bond acceptors (Lipinski definition) is 2. The Morgan fingerprint density at radius 1 is 1.00 bits per heavy atom. The van der Waals surface area contributed by atoms with Crippen LogP contribution in [0.4, 0.5) is 14.5 Å². The molecule has 4 heteroatoms. The Hall–Kier alpha value is -2.41. The third-order valence-corrected chi connectivity index (χ3v) is 2.45. The number of nitriles is 1. The van der Waals surface area contributed by atoms with Crippen LogP contribution in [0.5, 0.6) is 0 Å². The maximum atomic E-state index is 13.7. The normalized spacial score (nSPS) is 9.94. The molecule has 0 unspecified atom stereocenters. The molecule has 0 bridgehead atoms. The standard InChI is InChI=1S/C13H8F2N2/c14-11-6-5-10(12(15)13(11)17)9-3-1-8(7-16)2-4-9/h1-6H,17H2. The van der Waals surface area contributed by atoms with Crippen molar-refractivity contribution in [3.05, 3.63) is 53.6 Å². The first-order valence-electron chi connectivity index (χ1n) is 4.87. The lowest BCUT2D eigenvalue weighted by atomic mass is 10.0. The fraction of sp³-hybridized carbons (Fsp3) is 0. The zero-order chi connectivity index (χ0) is 12.4. The highest BCUT2D eigenvalue weighted by Gasteiger charge is 2.11. The molecule has 0 fully saturated rings. The van der Waals surface area contributed by atoms with Gasteiger partial charge in [-0.2, -0.15) is 5.26 Å². The zero-order valence-corrected chi connectivity index (χ0v) is 8.74. The lowest BCUT2D eigenvalue weighted by molar-refractivity contribution is 0.594. The summed E-state index contributed by atoms with van der Waals surface area (Å²) in [5.41, 5.74) is 6.02. The summed E-state index contributed by atoms with van der Waals surface area (Å²) in [6, 6.07) is 10.7. The fourth-order valence-corrected chi connectivity index (χ4v) is 1.52. The third kappa shape index (κ3) is 1.95. The second-order valence-corrected chi connectivity index (χ2v) is 3.51. The molecule has 0 aliphatic heterocycles. The van der Waals surface area contributed by atoms with Gasteiger partial charge in [-0.05, 0) is 29.8 Å². The largest absolute Gasteiger partial charge is 0.394 e. The molecule has 0 aromatic heterocycles. The van der Waals surface area contributed by atoms with Crippen molar-refractivity contribution < 1.29 is 8.78 Å². The van der Waals surface area contributed by atoms with Crippen LogP contribution in [-0.4, -0.2) is 0 Å². The van der Waals surface area contributed by atoms with E-state index in [0.717, 1.165) is 6.07 Å². The van der Waals surface area contributed by atoms with Crippen molar-refractivity contribution in [3.63, 3.8) is 0 Å². The van der Waals surface area contributed by atoms with Crippen LogP contribution in [0.25, 0.3) is 11.1 Å². The Morgan fingerprint density at radius 2 is 1.65 bits per heavy atom. The Bertz CT molecular complexity index is 598. The third-order valence-electron chi connectivity index (χ3n) is 2.45. The Kier molecular flexibility index (Phi) is 2.75. The van der Waals surface area contributed by atoms with Gasteiger partial charge >= 0.3 is 0 Å². The summed E-state index contributed by atoms with van der Waals surface area (Å²) in [6.45, 7) is 0. The molecule has 0 radical (unpaired) electrons. The van der Waals surface area contributed by atoms with E-state index in [-0.39, 0.29) is 5.56 Å². The smallest absolute Gasteiger partial charge is 0.156 e. The van der Waals surface area contributed by atoms with E-state index in [9.17, 15) is 8.78 Å². The number of nitrogen functional groups attached to an aromatic ring is 1. The number of nitrogens with two attached hydrogens (primary N) is 1. The molecule has 2 rings (SSSR count). The van der Waals surface area contributed by atoms with Crippen LogP contribution in [-0.2, 0) is 0 Å². The van der Waals surface area contributed by atoms with Crippen LogP contribution >= 0.6 is 0 Å². The topological polar surface area (TPSA) is 49.8 Å². The van der Waals surface area contributed by atoms with Gasteiger partial charge in [0.25, 0.3) is 0 Å². The molecule has 0 amide bonds. The first-order valence-corrected chi connectivity index (χ1v) is 4.87. The highest BCUT2D eigenvalue weighted by atomic mass is 19.1. The van der Waals surface area contributed by atoms with Crippen molar-refractivity contribution >= 4 is 5.69 Å². The van der Waals surface area contributed by atoms with E-state index >= 15 is 0 Å². The van der Waals surface area contributed by atoms with Crippen LogP contribution in [0.2, 0.25) is 0 Å². The number of rotatable bonds is 1. The molecule has 2 aromatic carbocycles. The predicted molar refractivity (Wildman–Crippen MR) is 60.9 cm³/mol. The maximum absolute atomic E-state index is 13.7. The average Bonchev–Trinajstić information content (AvgIpc) is 2.36. The van der Waals surface area contributed by atoms with E-state index in [2.05, 4.69) is 0 Å². The monoisotopic (exact) mass is 230 g/mol. The highest BCUT2D eigenvalue weighted by Crippen LogP contribution is 2.28. The molecule has 0 saturated heterocycles. The lowest BCUT2D eigenvalue weighted by Gasteiger charge is -2.06. The van der Waals surface area contributed by atoms with Crippen LogP contribution in [0, 0.1) is 23.0 Å². The van der Waals surface area contributed by atoms with E-state index in [0.29, 0.717) is 11.1 Å². The minimum absolute atomic E-state index is 0.216. The van der Waals surface area contributed by atoms with Crippen molar-refractivity contribution in [2.45, 2.75) is 0 Å². The van der Waals surface area contributed by atoms with Gasteiger partial charge in [-0.1, -0.05) is 12.1 Å². The summed E-state index contributed by atoms with van der Waals surface area (Å²) >= 11 is 0. The molecule has 17 heavy (non-hydrogen) atoms. The van der Waals surface area contributed by atoms with Gasteiger partial charge in [0, 0.05) is 5.56 Å². The van der Waals surface area contributed by atoms with Crippen molar-refractivity contribution in [1.29, 1.82) is 5.26 Å². The number of anilines is 1. The molecule has 2 aromatic rings. The van der Waals surface area contributed by atoms with Gasteiger partial charge in [0.05, 0.1) is 11.6 Å². The quantitative estimate of drug-likeness (QED) is 0.765. The predicted octanol–water partition coefficient (Wildman–Crippen LogP) is 3.09.